The second kappa shape index (κ2) is 10.3. The first kappa shape index (κ1) is 24.1. The largest absolute Gasteiger partial charge is 0.522 e. The third-order valence-corrected chi connectivity index (χ3v) is 4.85. The maximum atomic E-state index is 12.5. The molecule has 0 bridgehead atoms. The molecule has 0 aromatic heterocycles. The van der Waals surface area contributed by atoms with Crippen LogP contribution in [0.1, 0.15) is 16.8 Å². The number of hydrogen-bond acceptors (Lipinski definition) is 6. The summed E-state index contributed by atoms with van der Waals surface area (Å²) in [6, 6.07) is 14.0. The fourth-order valence-electron chi connectivity index (χ4n) is 3.37. The minimum absolute atomic E-state index is 0.243. The summed E-state index contributed by atoms with van der Waals surface area (Å²) in [6.07, 6.45) is -6.69. The van der Waals surface area contributed by atoms with E-state index in [1.807, 2.05) is 18.2 Å². The Morgan fingerprint density at radius 3 is 2.27 bits per heavy atom. The van der Waals surface area contributed by atoms with E-state index in [0.29, 0.717) is 11.5 Å². The lowest BCUT2D eigenvalue weighted by molar-refractivity contribution is -0.340. The van der Waals surface area contributed by atoms with Crippen molar-refractivity contribution in [2.75, 3.05) is 20.2 Å². The highest BCUT2D eigenvalue weighted by atomic mass is 19.4. The standard InChI is InChI=1S/C22H21F3N2O6/c1-31-21(30)18-11-17(33-22(23,24)25)13-27(18)19(28)12-26-20(29)14-7-9-16(10-8-14)32-15-5-3-2-4-6-15/h2-10,17-18H,11-13H2,1H3,(H,26,29)/t17-,18-/m0/s1. The molecule has 0 aliphatic carbocycles. The first-order valence-electron chi connectivity index (χ1n) is 9.89. The zero-order valence-corrected chi connectivity index (χ0v) is 17.5. The number of alkyl halides is 3. The van der Waals surface area contributed by atoms with E-state index in [9.17, 15) is 27.6 Å². The molecule has 2 atom stereocenters. The van der Waals surface area contributed by atoms with Crippen molar-refractivity contribution in [1.29, 1.82) is 0 Å². The van der Waals surface area contributed by atoms with Crippen LogP contribution in [0, 0.1) is 0 Å². The smallest absolute Gasteiger partial charge is 0.467 e. The molecule has 1 fully saturated rings. The quantitative estimate of drug-likeness (QED) is 0.631. The van der Waals surface area contributed by atoms with Gasteiger partial charge in [-0.1, -0.05) is 18.2 Å². The number of likely N-dealkylation sites (tertiary alicyclic amines) is 1. The highest BCUT2D eigenvalue weighted by Crippen LogP contribution is 2.28. The third kappa shape index (κ3) is 6.69. The number of nitrogens with one attached hydrogen (secondary N) is 1. The number of halogens is 3. The molecule has 1 heterocycles. The van der Waals surface area contributed by atoms with Gasteiger partial charge >= 0.3 is 12.3 Å². The number of amides is 2. The van der Waals surface area contributed by atoms with Crippen LogP contribution in [0.3, 0.4) is 0 Å². The van der Waals surface area contributed by atoms with Crippen molar-refractivity contribution < 1.29 is 41.8 Å². The molecule has 2 aromatic carbocycles. The van der Waals surface area contributed by atoms with Gasteiger partial charge in [0, 0.05) is 18.5 Å². The lowest BCUT2D eigenvalue weighted by atomic mass is 10.2. The van der Waals surface area contributed by atoms with Crippen LogP contribution < -0.4 is 10.1 Å². The van der Waals surface area contributed by atoms with E-state index in [0.717, 1.165) is 12.0 Å². The zero-order valence-electron chi connectivity index (χ0n) is 17.5. The molecule has 0 radical (unpaired) electrons. The minimum Gasteiger partial charge on any atom is -0.467 e. The Balaban J connectivity index is 1.57. The van der Waals surface area contributed by atoms with Crippen molar-refractivity contribution in [1.82, 2.24) is 10.2 Å². The topological polar surface area (TPSA) is 94.2 Å². The average Bonchev–Trinajstić information content (AvgIpc) is 3.20. The molecule has 33 heavy (non-hydrogen) atoms. The SMILES string of the molecule is COC(=O)[C@@H]1C[C@H](OC(F)(F)F)CN1C(=O)CNC(=O)c1ccc(Oc2ccccc2)cc1. The van der Waals surface area contributed by atoms with Gasteiger partial charge in [-0.05, 0) is 36.4 Å². The summed E-state index contributed by atoms with van der Waals surface area (Å²) in [6.45, 7) is -0.979. The predicted octanol–water partition coefficient (Wildman–Crippen LogP) is 2.89. The molecular weight excluding hydrogens is 445 g/mol. The van der Waals surface area contributed by atoms with Crippen LogP contribution in [0.25, 0.3) is 0 Å². The molecule has 0 spiro atoms. The summed E-state index contributed by atoms with van der Waals surface area (Å²) < 4.78 is 51.8. The molecule has 2 amide bonds. The van der Waals surface area contributed by atoms with Gasteiger partial charge in [-0.15, -0.1) is 13.2 Å². The second-order valence-electron chi connectivity index (χ2n) is 7.13. The van der Waals surface area contributed by atoms with Crippen molar-refractivity contribution in [3.63, 3.8) is 0 Å². The van der Waals surface area contributed by atoms with Gasteiger partial charge in [0.2, 0.25) is 5.91 Å². The van der Waals surface area contributed by atoms with E-state index in [1.54, 1.807) is 24.3 Å². The number of carbonyl (C=O) groups is 3. The first-order chi connectivity index (χ1) is 15.7. The van der Waals surface area contributed by atoms with Crippen LogP contribution in [0.5, 0.6) is 11.5 Å². The normalized spacial score (nSPS) is 18.0. The lowest BCUT2D eigenvalue weighted by Crippen LogP contribution is -2.46. The molecule has 1 aliphatic heterocycles. The van der Waals surface area contributed by atoms with Gasteiger partial charge in [0.15, 0.2) is 0 Å². The fourth-order valence-corrected chi connectivity index (χ4v) is 3.37. The van der Waals surface area contributed by atoms with Crippen molar-refractivity contribution >= 4 is 17.8 Å². The van der Waals surface area contributed by atoms with Gasteiger partial charge < -0.3 is 19.7 Å². The molecule has 11 heteroatoms. The number of para-hydroxylation sites is 1. The molecule has 2 aromatic rings. The second-order valence-corrected chi connectivity index (χ2v) is 7.13. The molecule has 0 unspecified atom stereocenters. The Bertz CT molecular complexity index is 982. The van der Waals surface area contributed by atoms with E-state index >= 15 is 0 Å². The predicted molar refractivity (Wildman–Crippen MR) is 108 cm³/mol. The summed E-state index contributed by atoms with van der Waals surface area (Å²) in [5.74, 6) is -1.05. The van der Waals surface area contributed by atoms with Crippen LogP contribution >= 0.6 is 0 Å². The van der Waals surface area contributed by atoms with Gasteiger partial charge in [-0.25, -0.2) is 4.79 Å². The maximum Gasteiger partial charge on any atom is 0.522 e. The number of rotatable bonds is 7. The van der Waals surface area contributed by atoms with Gasteiger partial charge in [-0.2, -0.15) is 0 Å². The molecule has 1 saturated heterocycles. The van der Waals surface area contributed by atoms with E-state index in [4.69, 9.17) is 4.74 Å². The van der Waals surface area contributed by atoms with Crippen LogP contribution in [0.2, 0.25) is 0 Å². The van der Waals surface area contributed by atoms with E-state index < -0.39 is 49.4 Å². The highest BCUT2D eigenvalue weighted by Gasteiger charge is 2.45. The third-order valence-electron chi connectivity index (χ3n) is 4.85. The van der Waals surface area contributed by atoms with E-state index in [2.05, 4.69) is 14.8 Å². The summed E-state index contributed by atoms with van der Waals surface area (Å²) >= 11 is 0. The number of methoxy groups -OCH3 is 1. The number of benzene rings is 2. The van der Waals surface area contributed by atoms with Crippen molar-refractivity contribution in [3.8, 4) is 11.5 Å². The molecule has 176 valence electrons. The Morgan fingerprint density at radius 1 is 1.03 bits per heavy atom. The average molecular weight is 466 g/mol. The molecule has 1 aliphatic rings. The molecule has 0 saturated carbocycles. The monoisotopic (exact) mass is 466 g/mol. The van der Waals surface area contributed by atoms with E-state index in [-0.39, 0.29) is 12.0 Å². The van der Waals surface area contributed by atoms with Crippen molar-refractivity contribution in [2.45, 2.75) is 24.9 Å². The molecule has 1 N–H and O–H groups in total. The summed E-state index contributed by atoms with van der Waals surface area (Å²) in [5.41, 5.74) is 0.243. The Hall–Kier alpha value is -3.60. The minimum atomic E-state index is -4.91. The van der Waals surface area contributed by atoms with Crippen LogP contribution in [0.4, 0.5) is 13.2 Å². The summed E-state index contributed by atoms with van der Waals surface area (Å²) in [5, 5.41) is 2.40. The van der Waals surface area contributed by atoms with Crippen LogP contribution in [-0.4, -0.2) is 61.4 Å². The molecular formula is C22H21F3N2O6. The number of nitrogens with zero attached hydrogens (tertiary/aromatic N) is 1. The van der Waals surface area contributed by atoms with Crippen molar-refractivity contribution in [3.05, 3.63) is 60.2 Å². The highest BCUT2D eigenvalue weighted by molar-refractivity contribution is 5.97. The molecule has 3 rings (SSSR count). The van der Waals surface area contributed by atoms with Gasteiger partial charge in [0.05, 0.1) is 19.8 Å². The summed E-state index contributed by atoms with van der Waals surface area (Å²) in [7, 11) is 1.07. The first-order valence-corrected chi connectivity index (χ1v) is 9.89. The van der Waals surface area contributed by atoms with Crippen LogP contribution in [0.15, 0.2) is 54.6 Å². The fraction of sp³-hybridized carbons (Fsp3) is 0.318. The van der Waals surface area contributed by atoms with Gasteiger partial charge in [-0.3, -0.25) is 14.3 Å². The van der Waals surface area contributed by atoms with Gasteiger partial charge in [0.1, 0.15) is 17.5 Å². The number of ether oxygens (including phenoxy) is 3. The zero-order chi connectivity index (χ0) is 24.0. The lowest BCUT2D eigenvalue weighted by Gasteiger charge is -2.22. The Morgan fingerprint density at radius 2 is 1.67 bits per heavy atom. The van der Waals surface area contributed by atoms with E-state index in [1.165, 1.54) is 12.1 Å². The number of esters is 1. The van der Waals surface area contributed by atoms with Crippen LogP contribution in [-0.2, 0) is 19.1 Å². The summed E-state index contributed by atoms with van der Waals surface area (Å²) in [4.78, 5) is 37.7. The Kier molecular flexibility index (Phi) is 7.54. The maximum absolute atomic E-state index is 12.5. The number of hydrogen-bond donors (Lipinski definition) is 1. The van der Waals surface area contributed by atoms with Gasteiger partial charge in [0.25, 0.3) is 5.91 Å². The number of carbonyl (C=O) groups excluding carboxylic acids is 3. The Labute approximate surface area is 187 Å². The van der Waals surface area contributed by atoms with Crippen molar-refractivity contribution in [2.24, 2.45) is 0 Å². The molecule has 8 nitrogen and oxygen atoms in total.